The Morgan fingerprint density at radius 3 is 2.89 bits per heavy atom. The van der Waals surface area contributed by atoms with Crippen LogP contribution in [0.15, 0.2) is 23.6 Å². The molecule has 0 spiro atoms. The van der Waals surface area contributed by atoms with Gasteiger partial charge >= 0.3 is 5.97 Å². The lowest BCUT2D eigenvalue weighted by Crippen LogP contribution is -2.03. The Labute approximate surface area is 108 Å². The number of esters is 1. The molecule has 0 saturated carbocycles. The number of ether oxygens (including phenoxy) is 1. The Morgan fingerprint density at radius 1 is 1.44 bits per heavy atom. The van der Waals surface area contributed by atoms with Gasteiger partial charge < -0.3 is 4.74 Å². The molecule has 2 aromatic rings. The highest BCUT2D eigenvalue weighted by Crippen LogP contribution is 2.24. The van der Waals surface area contributed by atoms with Gasteiger partial charge in [-0.3, -0.25) is 0 Å². The molecular weight excluding hydrogens is 253 g/mol. The number of halogens is 1. The molecule has 18 heavy (non-hydrogen) atoms. The molecule has 0 amide bonds. The zero-order valence-corrected chi connectivity index (χ0v) is 10.9. The quantitative estimate of drug-likeness (QED) is 0.798. The van der Waals surface area contributed by atoms with Crippen LogP contribution in [0.4, 0.5) is 4.39 Å². The van der Waals surface area contributed by atoms with E-state index in [1.54, 1.807) is 12.3 Å². The minimum absolute atomic E-state index is 0.286. The molecule has 0 aliphatic heterocycles. The highest BCUT2D eigenvalue weighted by Gasteiger charge is 2.13. The first-order chi connectivity index (χ1) is 8.60. The van der Waals surface area contributed by atoms with E-state index < -0.39 is 5.97 Å². The van der Waals surface area contributed by atoms with Gasteiger partial charge in [0, 0.05) is 10.9 Å². The first kappa shape index (κ1) is 12.7. The normalized spacial score (nSPS) is 10.4. The Balaban J connectivity index is 2.32. The van der Waals surface area contributed by atoms with Crippen LogP contribution in [-0.4, -0.2) is 17.6 Å². The van der Waals surface area contributed by atoms with Crippen molar-refractivity contribution in [3.05, 3.63) is 40.0 Å². The molecule has 0 saturated heterocycles. The van der Waals surface area contributed by atoms with E-state index in [1.807, 2.05) is 13.0 Å². The van der Waals surface area contributed by atoms with Crippen molar-refractivity contribution in [2.45, 2.75) is 13.8 Å². The summed E-state index contributed by atoms with van der Waals surface area (Å²) in [6.45, 7) is 3.86. The van der Waals surface area contributed by atoms with Gasteiger partial charge in [-0.1, -0.05) is 0 Å². The lowest BCUT2D eigenvalue weighted by atomic mass is 10.1. The summed E-state index contributed by atoms with van der Waals surface area (Å²) < 4.78 is 18.1. The van der Waals surface area contributed by atoms with Crippen molar-refractivity contribution >= 4 is 17.3 Å². The number of carbonyl (C=O) groups is 1. The number of rotatable bonds is 3. The van der Waals surface area contributed by atoms with E-state index in [0.29, 0.717) is 17.9 Å². The molecule has 0 fully saturated rings. The van der Waals surface area contributed by atoms with Crippen LogP contribution in [0.3, 0.4) is 0 Å². The number of aromatic nitrogens is 1. The third kappa shape index (κ3) is 2.73. The summed E-state index contributed by atoms with van der Waals surface area (Å²) in [4.78, 5) is 15.6. The summed E-state index contributed by atoms with van der Waals surface area (Å²) in [5, 5.41) is 2.01. The topological polar surface area (TPSA) is 39.2 Å². The van der Waals surface area contributed by atoms with Crippen LogP contribution in [0.1, 0.15) is 22.3 Å². The maximum absolute atomic E-state index is 13.3. The number of nitrogens with zero attached hydrogens (tertiary/aromatic N) is 1. The van der Waals surface area contributed by atoms with Crippen molar-refractivity contribution in [3.8, 4) is 11.3 Å². The van der Waals surface area contributed by atoms with Gasteiger partial charge in [0.15, 0.2) is 0 Å². The molecule has 1 aromatic carbocycles. The first-order valence-corrected chi connectivity index (χ1v) is 6.38. The van der Waals surface area contributed by atoms with Crippen LogP contribution in [0.2, 0.25) is 0 Å². The van der Waals surface area contributed by atoms with E-state index in [2.05, 4.69) is 4.98 Å². The summed E-state index contributed by atoms with van der Waals surface area (Å²) in [5.41, 5.74) is 2.07. The standard InChI is InChI=1S/C13H12FNO2S/c1-3-17-13(16)12-15-11(7-18-12)9-4-8(2)5-10(14)6-9/h4-7H,3H2,1-2H3. The summed E-state index contributed by atoms with van der Waals surface area (Å²) in [6.07, 6.45) is 0. The zero-order valence-electron chi connectivity index (χ0n) is 10.1. The maximum atomic E-state index is 13.3. The number of carbonyl (C=O) groups excluding carboxylic acids is 1. The minimum Gasteiger partial charge on any atom is -0.461 e. The molecule has 3 nitrogen and oxygen atoms in total. The van der Waals surface area contributed by atoms with Crippen molar-refractivity contribution in [2.24, 2.45) is 0 Å². The predicted octanol–water partition coefficient (Wildman–Crippen LogP) is 3.43. The summed E-state index contributed by atoms with van der Waals surface area (Å²) in [5.74, 6) is -0.752. The number of thiazole rings is 1. The van der Waals surface area contributed by atoms with Crippen molar-refractivity contribution < 1.29 is 13.9 Å². The molecule has 94 valence electrons. The van der Waals surface area contributed by atoms with Crippen LogP contribution in [0, 0.1) is 12.7 Å². The van der Waals surface area contributed by atoms with Gasteiger partial charge in [0.05, 0.1) is 12.3 Å². The van der Waals surface area contributed by atoms with Crippen LogP contribution < -0.4 is 0 Å². The Hall–Kier alpha value is -1.75. The third-order valence-electron chi connectivity index (χ3n) is 2.29. The number of benzene rings is 1. The van der Waals surface area contributed by atoms with Gasteiger partial charge in [0.2, 0.25) is 5.01 Å². The van der Waals surface area contributed by atoms with Crippen LogP contribution in [-0.2, 0) is 4.74 Å². The number of hydrogen-bond donors (Lipinski definition) is 0. The average Bonchev–Trinajstić information content (AvgIpc) is 2.77. The monoisotopic (exact) mass is 265 g/mol. The van der Waals surface area contributed by atoms with Gasteiger partial charge in [0.1, 0.15) is 5.82 Å². The van der Waals surface area contributed by atoms with Crippen LogP contribution in [0.25, 0.3) is 11.3 Å². The smallest absolute Gasteiger partial charge is 0.367 e. The van der Waals surface area contributed by atoms with Gasteiger partial charge in [0.25, 0.3) is 0 Å². The molecule has 0 atom stereocenters. The fourth-order valence-corrected chi connectivity index (χ4v) is 2.30. The predicted molar refractivity (Wildman–Crippen MR) is 68.2 cm³/mol. The summed E-state index contributed by atoms with van der Waals surface area (Å²) in [7, 11) is 0. The molecule has 5 heteroatoms. The molecule has 1 heterocycles. The SMILES string of the molecule is CCOC(=O)c1nc(-c2cc(C)cc(F)c2)cs1. The maximum Gasteiger partial charge on any atom is 0.367 e. The Kier molecular flexibility index (Phi) is 3.72. The largest absolute Gasteiger partial charge is 0.461 e. The van der Waals surface area contributed by atoms with E-state index in [-0.39, 0.29) is 10.8 Å². The van der Waals surface area contributed by atoms with E-state index in [4.69, 9.17) is 4.74 Å². The lowest BCUT2D eigenvalue weighted by molar-refractivity contribution is 0.0526. The fourth-order valence-electron chi connectivity index (χ4n) is 1.58. The molecule has 0 unspecified atom stereocenters. The number of aryl methyl sites for hydroxylation is 1. The first-order valence-electron chi connectivity index (χ1n) is 5.50. The number of hydrogen-bond acceptors (Lipinski definition) is 4. The van der Waals surface area contributed by atoms with Gasteiger partial charge in [-0.05, 0) is 37.6 Å². The fraction of sp³-hybridized carbons (Fsp3) is 0.231. The second-order valence-corrected chi connectivity index (χ2v) is 4.63. The molecular formula is C13H12FNO2S. The highest BCUT2D eigenvalue weighted by molar-refractivity contribution is 7.11. The second kappa shape index (κ2) is 5.27. The van der Waals surface area contributed by atoms with Gasteiger partial charge in [-0.15, -0.1) is 11.3 Å². The minimum atomic E-state index is -0.443. The molecule has 0 N–H and O–H groups in total. The van der Waals surface area contributed by atoms with E-state index in [1.165, 1.54) is 23.5 Å². The molecule has 0 aliphatic rings. The summed E-state index contributed by atoms with van der Waals surface area (Å²) in [6, 6.07) is 4.67. The van der Waals surface area contributed by atoms with Crippen molar-refractivity contribution in [1.82, 2.24) is 4.98 Å². The van der Waals surface area contributed by atoms with Crippen LogP contribution in [0.5, 0.6) is 0 Å². The molecule has 2 rings (SSSR count). The molecule has 0 bridgehead atoms. The molecule has 1 aromatic heterocycles. The van der Waals surface area contributed by atoms with Crippen molar-refractivity contribution in [1.29, 1.82) is 0 Å². The zero-order chi connectivity index (χ0) is 13.1. The average molecular weight is 265 g/mol. The van der Waals surface area contributed by atoms with Crippen LogP contribution >= 0.6 is 11.3 Å². The Bertz CT molecular complexity index is 560. The van der Waals surface area contributed by atoms with E-state index in [0.717, 1.165) is 5.56 Å². The lowest BCUT2D eigenvalue weighted by Gasteiger charge is -2.00. The summed E-state index contributed by atoms with van der Waals surface area (Å²) >= 11 is 1.20. The second-order valence-electron chi connectivity index (χ2n) is 3.78. The van der Waals surface area contributed by atoms with E-state index >= 15 is 0 Å². The van der Waals surface area contributed by atoms with Gasteiger partial charge in [-0.25, -0.2) is 14.2 Å². The molecule has 0 aliphatic carbocycles. The van der Waals surface area contributed by atoms with Gasteiger partial charge in [-0.2, -0.15) is 0 Å². The van der Waals surface area contributed by atoms with E-state index in [9.17, 15) is 9.18 Å². The third-order valence-corrected chi connectivity index (χ3v) is 3.11. The van der Waals surface area contributed by atoms with Crippen molar-refractivity contribution in [2.75, 3.05) is 6.61 Å². The van der Waals surface area contributed by atoms with Crippen molar-refractivity contribution in [3.63, 3.8) is 0 Å². The Morgan fingerprint density at radius 2 is 2.22 bits per heavy atom. The molecule has 0 radical (unpaired) electrons. The highest BCUT2D eigenvalue weighted by atomic mass is 32.1.